The molecule has 0 saturated carbocycles. The number of guanidine groups is 1. The third-order valence-electron chi connectivity index (χ3n) is 4.21. The number of hydrogen-bond donors (Lipinski definition) is 2. The topological polar surface area (TPSA) is 54.2 Å². The summed E-state index contributed by atoms with van der Waals surface area (Å²) in [5, 5.41) is 6.78. The van der Waals surface area contributed by atoms with Crippen LogP contribution in [0.3, 0.4) is 0 Å². The van der Waals surface area contributed by atoms with Crippen molar-refractivity contribution in [2.24, 2.45) is 10.9 Å². The summed E-state index contributed by atoms with van der Waals surface area (Å²) < 4.78 is 2.20. The molecule has 0 saturated heterocycles. The van der Waals surface area contributed by atoms with Crippen molar-refractivity contribution in [3.05, 3.63) is 29.9 Å². The molecule has 134 valence electrons. The molecule has 24 heavy (non-hydrogen) atoms. The van der Waals surface area contributed by atoms with E-state index in [4.69, 9.17) is 4.99 Å². The highest BCUT2D eigenvalue weighted by atomic mass is 15.2. The molecular weight excluding hydrogens is 298 g/mol. The number of imidazole rings is 1. The highest BCUT2D eigenvalue weighted by Gasteiger charge is 2.06. The van der Waals surface area contributed by atoms with Crippen LogP contribution in [0.2, 0.25) is 0 Å². The number of aromatic nitrogens is 2. The molecule has 1 aromatic rings. The average molecular weight is 332 g/mol. The van der Waals surface area contributed by atoms with Crippen molar-refractivity contribution in [3.8, 4) is 0 Å². The Labute approximate surface area is 146 Å². The van der Waals surface area contributed by atoms with Crippen molar-refractivity contribution >= 4 is 5.96 Å². The summed E-state index contributed by atoms with van der Waals surface area (Å²) in [6.07, 6.45) is 12.7. The summed E-state index contributed by atoms with van der Waals surface area (Å²) >= 11 is 0. The fourth-order valence-corrected chi connectivity index (χ4v) is 3.02. The van der Waals surface area contributed by atoms with Crippen LogP contribution in [0, 0.1) is 5.92 Å². The number of hydrogen-bond acceptors (Lipinski definition) is 2. The molecule has 0 aromatic carbocycles. The van der Waals surface area contributed by atoms with Gasteiger partial charge in [0.25, 0.3) is 0 Å². The van der Waals surface area contributed by atoms with Gasteiger partial charge in [-0.15, -0.1) is 0 Å². The lowest BCUT2D eigenvalue weighted by Gasteiger charge is -2.15. The minimum Gasteiger partial charge on any atom is -0.357 e. The van der Waals surface area contributed by atoms with Gasteiger partial charge in [-0.05, 0) is 44.9 Å². The van der Waals surface area contributed by atoms with Gasteiger partial charge in [0.1, 0.15) is 12.4 Å². The van der Waals surface area contributed by atoms with Crippen molar-refractivity contribution in [3.63, 3.8) is 0 Å². The normalized spacial score (nSPS) is 15.5. The summed E-state index contributed by atoms with van der Waals surface area (Å²) in [4.78, 5) is 9.14. The number of nitrogens with zero attached hydrogens (tertiary/aromatic N) is 3. The summed E-state index contributed by atoms with van der Waals surface area (Å²) in [5.41, 5.74) is 1.59. The van der Waals surface area contributed by atoms with E-state index in [2.05, 4.69) is 47.0 Å². The van der Waals surface area contributed by atoms with E-state index in [1.807, 2.05) is 12.4 Å². The van der Waals surface area contributed by atoms with Gasteiger partial charge in [-0.25, -0.2) is 9.98 Å². The standard InChI is InChI=1S/C19H33N5/c1-4-20-19(22-11-10-17-8-6-5-7-9-17)23-14-18-21-12-13-24(18)15-16(2)3/h8,12-13,16H,4-7,9-11,14-15H2,1-3H3,(H2,20,22,23). The minimum atomic E-state index is 0.608. The van der Waals surface area contributed by atoms with Gasteiger partial charge in [-0.1, -0.05) is 25.5 Å². The number of allylic oxidation sites excluding steroid dienone is 1. The van der Waals surface area contributed by atoms with Gasteiger partial charge < -0.3 is 15.2 Å². The molecule has 0 bridgehead atoms. The Morgan fingerprint density at radius 2 is 2.21 bits per heavy atom. The Hall–Kier alpha value is -1.78. The van der Waals surface area contributed by atoms with Gasteiger partial charge in [0.05, 0.1) is 0 Å². The molecule has 0 unspecified atom stereocenters. The van der Waals surface area contributed by atoms with E-state index in [9.17, 15) is 0 Å². The molecule has 2 N–H and O–H groups in total. The Bertz CT molecular complexity index is 542. The first kappa shape index (κ1) is 18.6. The monoisotopic (exact) mass is 331 g/mol. The number of nitrogens with one attached hydrogen (secondary N) is 2. The second-order valence-electron chi connectivity index (χ2n) is 6.87. The maximum atomic E-state index is 4.70. The molecular formula is C19H33N5. The van der Waals surface area contributed by atoms with Crippen LogP contribution in [0.5, 0.6) is 0 Å². The molecule has 1 aliphatic rings. The number of aliphatic imine (C=N–C) groups is 1. The molecule has 0 amide bonds. The molecule has 5 nitrogen and oxygen atoms in total. The minimum absolute atomic E-state index is 0.608. The predicted molar refractivity (Wildman–Crippen MR) is 101 cm³/mol. The zero-order valence-corrected chi connectivity index (χ0v) is 15.5. The fourth-order valence-electron chi connectivity index (χ4n) is 3.02. The van der Waals surface area contributed by atoms with E-state index in [-0.39, 0.29) is 0 Å². The van der Waals surface area contributed by atoms with Crippen molar-refractivity contribution in [1.82, 2.24) is 20.2 Å². The molecule has 1 aliphatic carbocycles. The maximum absolute atomic E-state index is 4.70. The smallest absolute Gasteiger partial charge is 0.191 e. The second-order valence-corrected chi connectivity index (χ2v) is 6.87. The number of rotatable bonds is 8. The molecule has 0 fully saturated rings. The largest absolute Gasteiger partial charge is 0.357 e. The van der Waals surface area contributed by atoms with Crippen LogP contribution in [0.25, 0.3) is 0 Å². The Morgan fingerprint density at radius 1 is 1.33 bits per heavy atom. The van der Waals surface area contributed by atoms with E-state index in [0.717, 1.165) is 37.8 Å². The van der Waals surface area contributed by atoms with E-state index in [0.29, 0.717) is 12.5 Å². The van der Waals surface area contributed by atoms with Gasteiger partial charge in [0, 0.05) is 32.0 Å². The van der Waals surface area contributed by atoms with Crippen LogP contribution < -0.4 is 10.6 Å². The highest BCUT2D eigenvalue weighted by molar-refractivity contribution is 5.79. The summed E-state index contributed by atoms with van der Waals surface area (Å²) in [7, 11) is 0. The third-order valence-corrected chi connectivity index (χ3v) is 4.21. The van der Waals surface area contributed by atoms with Crippen LogP contribution in [0.4, 0.5) is 0 Å². The van der Waals surface area contributed by atoms with Crippen molar-refractivity contribution < 1.29 is 0 Å². The first-order chi connectivity index (χ1) is 11.7. The van der Waals surface area contributed by atoms with Crippen molar-refractivity contribution in [1.29, 1.82) is 0 Å². The lowest BCUT2D eigenvalue weighted by molar-refractivity contribution is 0.507. The van der Waals surface area contributed by atoms with Gasteiger partial charge in [-0.2, -0.15) is 0 Å². The van der Waals surface area contributed by atoms with Crippen molar-refractivity contribution in [2.45, 2.75) is 66.0 Å². The first-order valence-corrected chi connectivity index (χ1v) is 9.39. The summed E-state index contributed by atoms with van der Waals surface area (Å²) in [6.45, 7) is 9.95. The van der Waals surface area contributed by atoms with Gasteiger partial charge >= 0.3 is 0 Å². The molecule has 1 aromatic heterocycles. The third kappa shape index (κ3) is 6.38. The van der Waals surface area contributed by atoms with E-state index < -0.39 is 0 Å². The van der Waals surface area contributed by atoms with Gasteiger partial charge in [0.2, 0.25) is 0 Å². The average Bonchev–Trinajstić information content (AvgIpc) is 3.00. The van der Waals surface area contributed by atoms with E-state index >= 15 is 0 Å². The van der Waals surface area contributed by atoms with Crippen LogP contribution in [-0.2, 0) is 13.1 Å². The van der Waals surface area contributed by atoms with Crippen LogP contribution in [0.15, 0.2) is 29.0 Å². The zero-order valence-electron chi connectivity index (χ0n) is 15.5. The lowest BCUT2D eigenvalue weighted by Crippen LogP contribution is -2.38. The van der Waals surface area contributed by atoms with Crippen molar-refractivity contribution in [2.75, 3.05) is 13.1 Å². The Balaban J connectivity index is 1.85. The molecule has 5 heteroatoms. The SMILES string of the molecule is CCNC(=NCc1nccn1CC(C)C)NCCC1=CCCCC1. The molecule has 2 rings (SSSR count). The lowest BCUT2D eigenvalue weighted by atomic mass is 9.97. The zero-order chi connectivity index (χ0) is 17.2. The van der Waals surface area contributed by atoms with E-state index in [1.54, 1.807) is 5.57 Å². The Morgan fingerprint density at radius 3 is 2.92 bits per heavy atom. The molecule has 0 atom stereocenters. The van der Waals surface area contributed by atoms with Crippen LogP contribution in [0.1, 0.15) is 58.7 Å². The van der Waals surface area contributed by atoms with Gasteiger partial charge in [0.15, 0.2) is 5.96 Å². The molecule has 0 radical (unpaired) electrons. The molecule has 1 heterocycles. The second kappa shape index (κ2) is 10.2. The fraction of sp³-hybridized carbons (Fsp3) is 0.684. The summed E-state index contributed by atoms with van der Waals surface area (Å²) in [5.74, 6) is 2.51. The van der Waals surface area contributed by atoms with Crippen LogP contribution in [-0.4, -0.2) is 28.6 Å². The predicted octanol–water partition coefficient (Wildman–Crippen LogP) is 3.48. The van der Waals surface area contributed by atoms with E-state index in [1.165, 1.54) is 25.7 Å². The molecule has 0 spiro atoms. The first-order valence-electron chi connectivity index (χ1n) is 9.39. The molecule has 0 aliphatic heterocycles. The van der Waals surface area contributed by atoms with Crippen LogP contribution >= 0.6 is 0 Å². The summed E-state index contributed by atoms with van der Waals surface area (Å²) in [6, 6.07) is 0. The Kier molecular flexibility index (Phi) is 7.86. The highest BCUT2D eigenvalue weighted by Crippen LogP contribution is 2.19. The quantitative estimate of drug-likeness (QED) is 0.435. The van der Waals surface area contributed by atoms with Gasteiger partial charge in [-0.3, -0.25) is 0 Å². The maximum Gasteiger partial charge on any atom is 0.191 e.